The molecule has 3 aliphatic carbocycles. The Hall–Kier alpha value is -2.19. The molecule has 0 atom stereocenters. The van der Waals surface area contributed by atoms with E-state index in [1.807, 2.05) is 34.9 Å². The molecule has 0 aliphatic heterocycles. The first kappa shape index (κ1) is 23.5. The molecule has 0 unspecified atom stereocenters. The second-order valence-corrected chi connectivity index (χ2v) is 12.6. The molecule has 3 aliphatic rings. The molecule has 1 N–H and O–H groups in total. The van der Waals surface area contributed by atoms with Crippen LogP contribution in [0.3, 0.4) is 0 Å². The number of aromatic nitrogens is 2. The summed E-state index contributed by atoms with van der Waals surface area (Å²) in [4.78, 5) is 17.4. The van der Waals surface area contributed by atoms with E-state index in [9.17, 15) is 18.3 Å². The lowest BCUT2D eigenvalue weighted by atomic mass is 9.65. The predicted molar refractivity (Wildman–Crippen MR) is 127 cm³/mol. The molecule has 5 rings (SSSR count). The van der Waals surface area contributed by atoms with Crippen molar-refractivity contribution in [3.63, 3.8) is 0 Å². The highest BCUT2D eigenvalue weighted by Gasteiger charge is 2.52. The van der Waals surface area contributed by atoms with E-state index in [2.05, 4.69) is 0 Å². The van der Waals surface area contributed by atoms with Crippen molar-refractivity contribution in [3.8, 4) is 0 Å². The quantitative estimate of drug-likeness (QED) is 0.570. The van der Waals surface area contributed by atoms with Gasteiger partial charge in [-0.2, -0.15) is 0 Å². The molecule has 7 nitrogen and oxygen atoms in total. The van der Waals surface area contributed by atoms with Gasteiger partial charge in [0.15, 0.2) is 14.9 Å². The van der Waals surface area contributed by atoms with Gasteiger partial charge in [-0.25, -0.2) is 13.4 Å². The Kier molecular flexibility index (Phi) is 5.88. The van der Waals surface area contributed by atoms with Gasteiger partial charge < -0.3 is 14.4 Å². The molecular weight excluding hydrogens is 452 g/mol. The second kappa shape index (κ2) is 8.48. The van der Waals surface area contributed by atoms with Gasteiger partial charge in [-0.3, -0.25) is 4.79 Å². The molecule has 8 heteroatoms. The van der Waals surface area contributed by atoms with Crippen LogP contribution >= 0.6 is 0 Å². The van der Waals surface area contributed by atoms with Gasteiger partial charge >= 0.3 is 5.97 Å². The highest BCUT2D eigenvalue weighted by Crippen LogP contribution is 2.51. The van der Waals surface area contributed by atoms with Gasteiger partial charge in [-0.05, 0) is 75.7 Å². The Labute approximate surface area is 201 Å². The Bertz CT molecular complexity index is 1170. The number of carboxylic acid groups (broad SMARTS) is 1. The number of carbonyl (C=O) groups is 1. The molecule has 0 spiro atoms. The van der Waals surface area contributed by atoms with Gasteiger partial charge in [0, 0.05) is 12.8 Å². The monoisotopic (exact) mass is 486 g/mol. The normalized spacial score (nSPS) is 27.6. The SMILES string of the molecule is Cc1nc(C2(OCC3CC3)CCC(C(=O)O)(c3ccccc3)CC2)n(CC2CC2)c1S(C)(=O)=O. The summed E-state index contributed by atoms with van der Waals surface area (Å²) in [6.07, 6.45) is 7.52. The van der Waals surface area contributed by atoms with Crippen LogP contribution in [0.5, 0.6) is 0 Å². The van der Waals surface area contributed by atoms with Crippen molar-refractivity contribution >= 4 is 15.8 Å². The number of benzene rings is 1. The van der Waals surface area contributed by atoms with Gasteiger partial charge in [0.1, 0.15) is 11.4 Å². The maximum absolute atomic E-state index is 12.8. The van der Waals surface area contributed by atoms with E-state index < -0.39 is 26.8 Å². The van der Waals surface area contributed by atoms with E-state index in [0.717, 1.165) is 31.2 Å². The standard InChI is InChI=1S/C26H34N2O5S/c1-18-22(34(2,31)32)28(16-19-8-9-19)23(27-18)26(33-17-20-10-11-20)14-12-25(13-15-26,24(29)30)21-6-4-3-5-7-21/h3-7,19-20H,8-17H2,1-2H3,(H,29,30). The molecule has 0 radical (unpaired) electrons. The minimum absolute atomic E-state index is 0.280. The fourth-order valence-electron chi connectivity index (χ4n) is 5.56. The van der Waals surface area contributed by atoms with Gasteiger partial charge in [0.2, 0.25) is 0 Å². The van der Waals surface area contributed by atoms with Crippen LogP contribution < -0.4 is 0 Å². The number of hydrogen-bond donors (Lipinski definition) is 1. The van der Waals surface area contributed by atoms with Crippen molar-refractivity contribution in [2.45, 2.75) is 80.9 Å². The number of rotatable bonds is 9. The Morgan fingerprint density at radius 3 is 2.24 bits per heavy atom. The van der Waals surface area contributed by atoms with Crippen LogP contribution in [0.15, 0.2) is 35.4 Å². The zero-order valence-electron chi connectivity index (χ0n) is 20.0. The van der Waals surface area contributed by atoms with Gasteiger partial charge in [0.05, 0.1) is 17.7 Å². The number of nitrogens with zero attached hydrogens (tertiary/aromatic N) is 2. The van der Waals surface area contributed by atoms with Crippen LogP contribution in [-0.2, 0) is 36.9 Å². The Morgan fingerprint density at radius 2 is 1.71 bits per heavy atom. The molecule has 3 fully saturated rings. The van der Waals surface area contributed by atoms with Gasteiger partial charge in [-0.15, -0.1) is 0 Å². The summed E-state index contributed by atoms with van der Waals surface area (Å²) in [6, 6.07) is 9.46. The Balaban J connectivity index is 1.56. The third-order valence-electron chi connectivity index (χ3n) is 7.92. The largest absolute Gasteiger partial charge is 0.481 e. The Morgan fingerprint density at radius 1 is 1.09 bits per heavy atom. The highest BCUT2D eigenvalue weighted by atomic mass is 32.2. The third-order valence-corrected chi connectivity index (χ3v) is 9.14. The molecule has 0 amide bonds. The van der Waals surface area contributed by atoms with Crippen molar-refractivity contribution in [2.24, 2.45) is 11.8 Å². The van der Waals surface area contributed by atoms with Gasteiger partial charge in [0.25, 0.3) is 0 Å². The molecule has 0 saturated heterocycles. The molecule has 1 heterocycles. The summed E-state index contributed by atoms with van der Waals surface area (Å²) >= 11 is 0. The lowest BCUT2D eigenvalue weighted by Crippen LogP contribution is -2.47. The lowest BCUT2D eigenvalue weighted by Gasteiger charge is -2.44. The molecule has 2 aromatic rings. The molecule has 34 heavy (non-hydrogen) atoms. The van der Waals surface area contributed by atoms with Crippen molar-refractivity contribution in [1.29, 1.82) is 0 Å². The number of aliphatic carboxylic acids is 1. The van der Waals surface area contributed by atoms with E-state index in [4.69, 9.17) is 9.72 Å². The molecule has 1 aromatic carbocycles. The van der Waals surface area contributed by atoms with E-state index >= 15 is 0 Å². The topological polar surface area (TPSA) is 98.5 Å². The fraction of sp³-hybridized carbons (Fsp3) is 0.615. The van der Waals surface area contributed by atoms with Crippen LogP contribution in [0, 0.1) is 18.8 Å². The first-order valence-corrected chi connectivity index (χ1v) is 14.2. The van der Waals surface area contributed by atoms with Crippen molar-refractivity contribution in [3.05, 3.63) is 47.4 Å². The number of imidazole rings is 1. The smallest absolute Gasteiger partial charge is 0.314 e. The number of ether oxygens (including phenoxy) is 1. The van der Waals surface area contributed by atoms with Crippen molar-refractivity contribution in [2.75, 3.05) is 12.9 Å². The van der Waals surface area contributed by atoms with Crippen LogP contribution in [0.2, 0.25) is 0 Å². The molecule has 1 aromatic heterocycles. The predicted octanol–water partition coefficient (Wildman–Crippen LogP) is 4.22. The summed E-state index contributed by atoms with van der Waals surface area (Å²) < 4.78 is 34.0. The number of carboxylic acids is 1. The van der Waals surface area contributed by atoms with E-state index in [1.165, 1.54) is 6.26 Å². The fourth-order valence-corrected chi connectivity index (χ4v) is 6.70. The molecular formula is C26H34N2O5S. The van der Waals surface area contributed by atoms with Gasteiger partial charge in [-0.1, -0.05) is 30.3 Å². The minimum atomic E-state index is -3.47. The minimum Gasteiger partial charge on any atom is -0.481 e. The molecule has 184 valence electrons. The van der Waals surface area contributed by atoms with Crippen LogP contribution in [-0.4, -0.2) is 41.9 Å². The van der Waals surface area contributed by atoms with E-state index in [-0.39, 0.29) is 5.03 Å². The zero-order valence-corrected chi connectivity index (χ0v) is 20.8. The lowest BCUT2D eigenvalue weighted by molar-refractivity contribution is -0.151. The average molecular weight is 487 g/mol. The van der Waals surface area contributed by atoms with E-state index in [1.54, 1.807) is 6.92 Å². The summed E-state index contributed by atoms with van der Waals surface area (Å²) in [6.45, 7) is 2.98. The van der Waals surface area contributed by atoms with Crippen molar-refractivity contribution < 1.29 is 23.1 Å². The summed E-state index contributed by atoms with van der Waals surface area (Å²) in [7, 11) is -3.47. The zero-order chi connectivity index (χ0) is 24.1. The summed E-state index contributed by atoms with van der Waals surface area (Å²) in [5.41, 5.74) is -0.437. The first-order valence-electron chi connectivity index (χ1n) is 12.4. The van der Waals surface area contributed by atoms with Crippen molar-refractivity contribution in [1.82, 2.24) is 9.55 Å². The highest BCUT2D eigenvalue weighted by molar-refractivity contribution is 7.90. The second-order valence-electron chi connectivity index (χ2n) is 10.7. The maximum Gasteiger partial charge on any atom is 0.314 e. The molecule has 3 saturated carbocycles. The van der Waals surface area contributed by atoms with Crippen LogP contribution in [0.4, 0.5) is 0 Å². The first-order chi connectivity index (χ1) is 16.1. The van der Waals surface area contributed by atoms with Crippen LogP contribution in [0.1, 0.15) is 68.4 Å². The summed E-state index contributed by atoms with van der Waals surface area (Å²) in [5.74, 6) is 0.840. The number of hydrogen-bond acceptors (Lipinski definition) is 5. The number of aryl methyl sites for hydroxylation is 1. The third kappa shape index (κ3) is 4.31. The van der Waals surface area contributed by atoms with E-state index in [0.29, 0.717) is 62.2 Å². The number of sulfone groups is 1. The molecule has 0 bridgehead atoms. The van der Waals surface area contributed by atoms with Crippen LogP contribution in [0.25, 0.3) is 0 Å². The average Bonchev–Trinajstić information content (AvgIpc) is 3.72. The summed E-state index contributed by atoms with van der Waals surface area (Å²) in [5, 5.41) is 10.6. The maximum atomic E-state index is 12.8.